The summed E-state index contributed by atoms with van der Waals surface area (Å²) in [5, 5.41) is 5.55. The van der Waals surface area contributed by atoms with Gasteiger partial charge in [0.15, 0.2) is 0 Å². The Morgan fingerprint density at radius 3 is 1.67 bits per heavy atom. The second-order valence-electron chi connectivity index (χ2n) is 2.92. The third kappa shape index (κ3) is 9.93. The minimum absolute atomic E-state index is 0.0536. The molecule has 2 amide bonds. The third-order valence-electron chi connectivity index (χ3n) is 1.55. The van der Waals surface area contributed by atoms with Crippen molar-refractivity contribution >= 4 is 35.3 Å². The van der Waals surface area contributed by atoms with Crippen molar-refractivity contribution in [2.75, 3.05) is 37.1 Å². The van der Waals surface area contributed by atoms with E-state index in [1.807, 2.05) is 12.5 Å². The van der Waals surface area contributed by atoms with E-state index in [1.54, 1.807) is 0 Å². The molecule has 0 unspecified atom stereocenters. The van der Waals surface area contributed by atoms with E-state index in [9.17, 15) is 9.59 Å². The lowest BCUT2D eigenvalue weighted by molar-refractivity contribution is -0.118. The first-order chi connectivity index (χ1) is 7.20. The van der Waals surface area contributed by atoms with Crippen LogP contribution in [-0.4, -0.2) is 48.9 Å². The lowest BCUT2D eigenvalue weighted by Crippen LogP contribution is -2.31. The first-order valence-corrected chi connectivity index (χ1v) is 7.50. The lowest BCUT2D eigenvalue weighted by Gasteiger charge is -2.05. The SMILES string of the molecule is CSCC(=O)NCCCNC(=O)CSC. The first-order valence-electron chi connectivity index (χ1n) is 4.72. The highest BCUT2D eigenvalue weighted by Crippen LogP contribution is 1.90. The zero-order valence-corrected chi connectivity index (χ0v) is 10.8. The average Bonchev–Trinajstić information content (AvgIpc) is 2.18. The molecular weight excluding hydrogens is 232 g/mol. The maximum atomic E-state index is 11.0. The Morgan fingerprint density at radius 1 is 0.933 bits per heavy atom. The van der Waals surface area contributed by atoms with Crippen molar-refractivity contribution in [2.24, 2.45) is 0 Å². The molecule has 4 nitrogen and oxygen atoms in total. The zero-order chi connectivity index (χ0) is 11.5. The van der Waals surface area contributed by atoms with Crippen molar-refractivity contribution in [2.45, 2.75) is 6.42 Å². The number of carbonyl (C=O) groups is 2. The summed E-state index contributed by atoms with van der Waals surface area (Å²) in [6.45, 7) is 1.25. The monoisotopic (exact) mass is 250 g/mol. The van der Waals surface area contributed by atoms with Crippen molar-refractivity contribution in [3.05, 3.63) is 0 Å². The highest BCUT2D eigenvalue weighted by molar-refractivity contribution is 7.99. The van der Waals surface area contributed by atoms with Crippen LogP contribution in [0.4, 0.5) is 0 Å². The lowest BCUT2D eigenvalue weighted by atomic mass is 10.4. The van der Waals surface area contributed by atoms with Crippen molar-refractivity contribution in [1.82, 2.24) is 10.6 Å². The van der Waals surface area contributed by atoms with E-state index < -0.39 is 0 Å². The van der Waals surface area contributed by atoms with Gasteiger partial charge in [-0.3, -0.25) is 9.59 Å². The maximum Gasteiger partial charge on any atom is 0.229 e. The summed E-state index contributed by atoms with van der Waals surface area (Å²) in [5.41, 5.74) is 0. The largest absolute Gasteiger partial charge is 0.355 e. The van der Waals surface area contributed by atoms with Gasteiger partial charge < -0.3 is 10.6 Å². The third-order valence-corrected chi connectivity index (χ3v) is 2.65. The van der Waals surface area contributed by atoms with Gasteiger partial charge in [0.1, 0.15) is 0 Å². The Labute approximate surface area is 99.3 Å². The average molecular weight is 250 g/mol. The first kappa shape index (κ1) is 14.6. The van der Waals surface area contributed by atoms with Crippen LogP contribution < -0.4 is 10.6 Å². The van der Waals surface area contributed by atoms with Crippen LogP contribution in [0.3, 0.4) is 0 Å². The zero-order valence-electron chi connectivity index (χ0n) is 9.17. The molecule has 0 saturated heterocycles. The van der Waals surface area contributed by atoms with Gasteiger partial charge in [0.2, 0.25) is 11.8 Å². The summed E-state index contributed by atoms with van der Waals surface area (Å²) in [7, 11) is 0. The quantitative estimate of drug-likeness (QED) is 0.610. The molecule has 0 bridgehead atoms. The Hall–Kier alpha value is -0.360. The minimum atomic E-state index is 0.0536. The number of hydrogen-bond donors (Lipinski definition) is 2. The molecule has 15 heavy (non-hydrogen) atoms. The second-order valence-corrected chi connectivity index (χ2v) is 4.65. The second kappa shape index (κ2) is 10.2. The van der Waals surface area contributed by atoms with E-state index in [0.29, 0.717) is 24.6 Å². The van der Waals surface area contributed by atoms with Crippen molar-refractivity contribution in [3.63, 3.8) is 0 Å². The normalized spacial score (nSPS) is 9.73. The van der Waals surface area contributed by atoms with Crippen LogP contribution in [0.5, 0.6) is 0 Å². The Kier molecular flexibility index (Phi) is 9.92. The Morgan fingerprint density at radius 2 is 1.33 bits per heavy atom. The molecule has 0 aromatic rings. The van der Waals surface area contributed by atoms with E-state index in [0.717, 1.165) is 6.42 Å². The number of rotatable bonds is 8. The van der Waals surface area contributed by atoms with Crippen LogP contribution in [0.25, 0.3) is 0 Å². The number of nitrogens with one attached hydrogen (secondary N) is 2. The van der Waals surface area contributed by atoms with Crippen molar-refractivity contribution in [3.8, 4) is 0 Å². The molecule has 88 valence electrons. The summed E-state index contributed by atoms with van der Waals surface area (Å²) in [5.74, 6) is 1.10. The van der Waals surface area contributed by atoms with Gasteiger partial charge in [-0.2, -0.15) is 23.5 Å². The highest BCUT2D eigenvalue weighted by Gasteiger charge is 1.99. The predicted octanol–water partition coefficient (Wildman–Crippen LogP) is 0.335. The summed E-state index contributed by atoms with van der Waals surface area (Å²) >= 11 is 3.00. The Bertz CT molecular complexity index is 181. The summed E-state index contributed by atoms with van der Waals surface area (Å²) < 4.78 is 0. The van der Waals surface area contributed by atoms with Gasteiger partial charge >= 0.3 is 0 Å². The van der Waals surface area contributed by atoms with Gasteiger partial charge in [-0.1, -0.05) is 0 Å². The van der Waals surface area contributed by atoms with E-state index in [2.05, 4.69) is 10.6 Å². The number of amides is 2. The molecule has 0 spiro atoms. The van der Waals surface area contributed by atoms with Gasteiger partial charge in [-0.05, 0) is 18.9 Å². The van der Waals surface area contributed by atoms with Gasteiger partial charge in [0.25, 0.3) is 0 Å². The molecule has 0 atom stereocenters. The molecule has 0 fully saturated rings. The number of thioether (sulfide) groups is 2. The van der Waals surface area contributed by atoms with E-state index in [-0.39, 0.29) is 11.8 Å². The molecule has 2 N–H and O–H groups in total. The minimum Gasteiger partial charge on any atom is -0.355 e. The predicted molar refractivity (Wildman–Crippen MR) is 67.4 cm³/mol. The molecule has 0 rings (SSSR count). The molecular formula is C9H18N2O2S2. The fourth-order valence-corrected chi connectivity index (χ4v) is 1.64. The molecule has 0 aliphatic carbocycles. The van der Waals surface area contributed by atoms with Gasteiger partial charge in [-0.15, -0.1) is 0 Å². The number of carbonyl (C=O) groups excluding carboxylic acids is 2. The van der Waals surface area contributed by atoms with E-state index >= 15 is 0 Å². The van der Waals surface area contributed by atoms with Gasteiger partial charge in [0, 0.05) is 13.1 Å². The molecule has 0 aromatic heterocycles. The smallest absolute Gasteiger partial charge is 0.229 e. The van der Waals surface area contributed by atoms with E-state index in [1.165, 1.54) is 23.5 Å². The van der Waals surface area contributed by atoms with Crippen LogP contribution in [0, 0.1) is 0 Å². The number of hydrogen-bond acceptors (Lipinski definition) is 4. The standard InChI is InChI=1S/C9H18N2O2S2/c1-14-6-8(12)10-4-3-5-11-9(13)7-15-2/h3-7H2,1-2H3,(H,10,12)(H,11,13). The Balaban J connectivity index is 3.24. The fourth-order valence-electron chi connectivity index (χ4n) is 0.908. The van der Waals surface area contributed by atoms with Crippen LogP contribution in [0.15, 0.2) is 0 Å². The van der Waals surface area contributed by atoms with Crippen LogP contribution >= 0.6 is 23.5 Å². The van der Waals surface area contributed by atoms with Crippen molar-refractivity contribution < 1.29 is 9.59 Å². The summed E-state index contributed by atoms with van der Waals surface area (Å²) in [6.07, 6.45) is 4.56. The summed E-state index contributed by atoms with van der Waals surface area (Å²) in [4.78, 5) is 22.0. The molecule has 0 saturated carbocycles. The maximum absolute atomic E-state index is 11.0. The topological polar surface area (TPSA) is 58.2 Å². The van der Waals surface area contributed by atoms with Crippen molar-refractivity contribution in [1.29, 1.82) is 0 Å². The van der Waals surface area contributed by atoms with Crippen LogP contribution in [0.1, 0.15) is 6.42 Å². The molecule has 0 aromatic carbocycles. The van der Waals surface area contributed by atoms with E-state index in [4.69, 9.17) is 0 Å². The van der Waals surface area contributed by atoms with Crippen LogP contribution in [0.2, 0.25) is 0 Å². The molecule has 0 heterocycles. The van der Waals surface area contributed by atoms with Gasteiger partial charge in [-0.25, -0.2) is 0 Å². The highest BCUT2D eigenvalue weighted by atomic mass is 32.2. The summed E-state index contributed by atoms with van der Waals surface area (Å²) in [6, 6.07) is 0. The molecule has 0 radical (unpaired) electrons. The molecule has 6 heteroatoms. The van der Waals surface area contributed by atoms with Crippen LogP contribution in [-0.2, 0) is 9.59 Å². The molecule has 0 aliphatic rings. The fraction of sp³-hybridized carbons (Fsp3) is 0.778. The van der Waals surface area contributed by atoms with Gasteiger partial charge in [0.05, 0.1) is 11.5 Å². The molecule has 0 aliphatic heterocycles.